The summed E-state index contributed by atoms with van der Waals surface area (Å²) in [6, 6.07) is -0.430. The first-order chi connectivity index (χ1) is 15.6. The second-order valence-electron chi connectivity index (χ2n) is 7.06. The molecule has 1 aromatic rings. The van der Waals surface area contributed by atoms with Gasteiger partial charge in [-0.2, -0.15) is 26.3 Å². The highest BCUT2D eigenvalue weighted by Gasteiger charge is 2.42. The Labute approximate surface area is 186 Å². The monoisotopic (exact) mass is 506 g/mol. The minimum absolute atomic E-state index is 0.0467. The van der Waals surface area contributed by atoms with Gasteiger partial charge in [0.2, 0.25) is 5.91 Å². The Morgan fingerprint density at radius 1 is 1.18 bits per heavy atom. The first-order valence-electron chi connectivity index (χ1n) is 9.38. The number of carbonyl (C=O) groups is 3. The molecule has 1 heterocycles. The van der Waals surface area contributed by atoms with Crippen molar-refractivity contribution < 1.29 is 54.2 Å². The molecule has 1 fully saturated rings. The fourth-order valence-electron chi connectivity index (χ4n) is 3.18. The van der Waals surface area contributed by atoms with Gasteiger partial charge in [0.15, 0.2) is 6.04 Å². The molecule has 1 aliphatic rings. The maximum absolute atomic E-state index is 13.6. The zero-order chi connectivity index (χ0) is 25.8. The minimum atomic E-state index is -5.13. The Balaban J connectivity index is 2.40. The van der Waals surface area contributed by atoms with Gasteiger partial charge >= 0.3 is 12.4 Å². The Morgan fingerprint density at radius 2 is 1.82 bits per heavy atom. The van der Waals surface area contributed by atoms with Crippen LogP contribution in [0.15, 0.2) is 18.2 Å². The van der Waals surface area contributed by atoms with E-state index in [1.54, 1.807) is 5.32 Å². The van der Waals surface area contributed by atoms with E-state index >= 15 is 0 Å². The van der Waals surface area contributed by atoms with Crippen molar-refractivity contribution in [2.24, 2.45) is 5.73 Å². The number of nitrogens with one attached hydrogen (secondary N) is 1. The number of nitrogens with zero attached hydrogens (tertiary/aromatic N) is 2. The van der Waals surface area contributed by atoms with Gasteiger partial charge in [-0.05, 0) is 18.2 Å². The molecular weight excluding hydrogens is 488 g/mol. The van der Waals surface area contributed by atoms with Crippen molar-refractivity contribution in [3.63, 3.8) is 0 Å². The van der Waals surface area contributed by atoms with Gasteiger partial charge in [-0.3, -0.25) is 19.3 Å². The Kier molecular flexibility index (Phi) is 8.41. The van der Waals surface area contributed by atoms with Gasteiger partial charge in [0, 0.05) is 12.2 Å². The average Bonchev–Trinajstić information content (AvgIpc) is 2.66. The molecule has 1 atom stereocenters. The van der Waals surface area contributed by atoms with Crippen LogP contribution in [-0.4, -0.2) is 74.1 Å². The van der Waals surface area contributed by atoms with Crippen LogP contribution in [0.2, 0.25) is 0 Å². The maximum atomic E-state index is 13.6. The lowest BCUT2D eigenvalue weighted by molar-refractivity contribution is -0.160. The predicted octanol–water partition coefficient (Wildman–Crippen LogP) is 1.99. The van der Waals surface area contributed by atoms with E-state index in [-0.39, 0.29) is 30.3 Å². The highest BCUT2D eigenvalue weighted by atomic mass is 19.4. The van der Waals surface area contributed by atoms with Crippen molar-refractivity contribution >= 4 is 29.1 Å². The number of primary amides is 1. The number of anilines is 2. The van der Waals surface area contributed by atoms with Crippen LogP contribution in [0.25, 0.3) is 0 Å². The molecule has 0 aliphatic carbocycles. The standard InChI is InChI=1S/C18H18F8N4O4/c19-12(20)6-29(8-17(21,22)23)14(15(27)32)16(33)28-11-2-1-9(5-10(11)18(24,25)26)30-3-4-34-7-13(30)31/h1-2,5,12,14H,3-4,6-8H2,(H2,27,32)(H,28,33)/t14-/m1/s1. The molecule has 3 N–H and O–H groups in total. The van der Waals surface area contributed by atoms with Crippen LogP contribution in [0.5, 0.6) is 0 Å². The number of halogens is 8. The van der Waals surface area contributed by atoms with Crippen LogP contribution in [0.4, 0.5) is 46.5 Å². The highest BCUT2D eigenvalue weighted by molar-refractivity contribution is 6.10. The number of amides is 3. The molecule has 1 saturated heterocycles. The van der Waals surface area contributed by atoms with Crippen molar-refractivity contribution in [2.45, 2.75) is 24.8 Å². The van der Waals surface area contributed by atoms with Gasteiger partial charge < -0.3 is 20.7 Å². The summed E-state index contributed by atoms with van der Waals surface area (Å²) in [5.74, 6) is -4.20. The van der Waals surface area contributed by atoms with Gasteiger partial charge in [-0.25, -0.2) is 8.78 Å². The maximum Gasteiger partial charge on any atom is 0.418 e. The third-order valence-corrected chi connectivity index (χ3v) is 4.50. The lowest BCUT2D eigenvalue weighted by Crippen LogP contribution is -2.55. The molecule has 2 rings (SSSR count). The molecule has 190 valence electrons. The summed E-state index contributed by atoms with van der Waals surface area (Å²) in [5.41, 5.74) is 2.22. The molecule has 0 bridgehead atoms. The van der Waals surface area contributed by atoms with E-state index in [1.165, 1.54) is 0 Å². The zero-order valence-electron chi connectivity index (χ0n) is 17.1. The smallest absolute Gasteiger partial charge is 0.370 e. The van der Waals surface area contributed by atoms with Crippen molar-refractivity contribution in [3.8, 4) is 0 Å². The van der Waals surface area contributed by atoms with Crippen molar-refractivity contribution in [1.82, 2.24) is 4.90 Å². The summed E-state index contributed by atoms with van der Waals surface area (Å²) >= 11 is 0. The Morgan fingerprint density at radius 3 is 2.32 bits per heavy atom. The highest BCUT2D eigenvalue weighted by Crippen LogP contribution is 2.38. The van der Waals surface area contributed by atoms with Crippen LogP contribution in [0, 0.1) is 0 Å². The topological polar surface area (TPSA) is 105 Å². The summed E-state index contributed by atoms with van der Waals surface area (Å²) in [4.78, 5) is 36.7. The van der Waals surface area contributed by atoms with Gasteiger partial charge in [-0.15, -0.1) is 0 Å². The number of hydrogen-bond donors (Lipinski definition) is 2. The lowest BCUT2D eigenvalue weighted by Gasteiger charge is -2.30. The largest absolute Gasteiger partial charge is 0.418 e. The number of rotatable bonds is 8. The molecule has 8 nitrogen and oxygen atoms in total. The van der Waals surface area contributed by atoms with E-state index < -0.39 is 66.9 Å². The molecule has 1 aliphatic heterocycles. The molecule has 0 radical (unpaired) electrons. The molecule has 3 amide bonds. The fourth-order valence-corrected chi connectivity index (χ4v) is 3.18. The third-order valence-electron chi connectivity index (χ3n) is 4.50. The molecule has 1 aromatic carbocycles. The van der Waals surface area contributed by atoms with E-state index in [1.807, 2.05) is 0 Å². The number of nitrogens with two attached hydrogens (primary N) is 1. The van der Waals surface area contributed by atoms with Crippen LogP contribution < -0.4 is 16.0 Å². The van der Waals surface area contributed by atoms with Gasteiger partial charge in [0.1, 0.15) is 6.61 Å². The first kappa shape index (κ1) is 27.2. The van der Waals surface area contributed by atoms with Crippen LogP contribution in [0.1, 0.15) is 5.56 Å². The third kappa shape index (κ3) is 7.24. The van der Waals surface area contributed by atoms with Gasteiger partial charge in [0.25, 0.3) is 18.2 Å². The van der Waals surface area contributed by atoms with E-state index in [9.17, 15) is 49.5 Å². The van der Waals surface area contributed by atoms with Gasteiger partial charge in [-0.1, -0.05) is 0 Å². The number of ether oxygens (including phenoxy) is 1. The van der Waals surface area contributed by atoms with Crippen molar-refractivity contribution in [3.05, 3.63) is 23.8 Å². The van der Waals surface area contributed by atoms with Crippen molar-refractivity contribution in [1.29, 1.82) is 0 Å². The fraction of sp³-hybridized carbons (Fsp3) is 0.500. The zero-order valence-corrected chi connectivity index (χ0v) is 17.1. The van der Waals surface area contributed by atoms with Crippen LogP contribution in [0.3, 0.4) is 0 Å². The van der Waals surface area contributed by atoms with Crippen molar-refractivity contribution in [2.75, 3.05) is 43.1 Å². The van der Waals surface area contributed by atoms with Gasteiger partial charge in [0.05, 0.1) is 30.9 Å². The minimum Gasteiger partial charge on any atom is -0.370 e. The SMILES string of the molecule is NC(=O)[C@H](C(=O)Nc1ccc(N2CCOCC2=O)cc1C(F)(F)F)N(CC(F)F)CC(F)(F)F. The molecule has 16 heteroatoms. The second kappa shape index (κ2) is 10.5. The molecule has 34 heavy (non-hydrogen) atoms. The Bertz CT molecular complexity index is 922. The normalized spacial score (nSPS) is 16.2. The number of hydrogen-bond acceptors (Lipinski definition) is 5. The predicted molar refractivity (Wildman–Crippen MR) is 99.9 cm³/mol. The second-order valence-corrected chi connectivity index (χ2v) is 7.06. The molecular formula is C18H18F8N4O4. The van der Waals surface area contributed by atoms with Crippen LogP contribution in [-0.2, 0) is 25.3 Å². The number of benzene rings is 1. The number of carbonyl (C=O) groups excluding carboxylic acids is 3. The van der Waals surface area contributed by atoms with Crippen LogP contribution >= 0.6 is 0 Å². The Hall–Kier alpha value is -3.01. The lowest BCUT2D eigenvalue weighted by atomic mass is 10.1. The summed E-state index contributed by atoms with van der Waals surface area (Å²) < 4.78 is 110. The summed E-state index contributed by atoms with van der Waals surface area (Å²) in [5, 5.41) is 1.64. The van der Waals surface area contributed by atoms with E-state index in [0.717, 1.165) is 11.0 Å². The average molecular weight is 506 g/mol. The molecule has 0 unspecified atom stereocenters. The number of alkyl halides is 8. The molecule has 0 spiro atoms. The summed E-state index contributed by atoms with van der Waals surface area (Å²) in [6.45, 7) is -4.25. The first-order valence-corrected chi connectivity index (χ1v) is 9.38. The molecule has 0 saturated carbocycles. The van der Waals surface area contributed by atoms with E-state index in [2.05, 4.69) is 0 Å². The quantitative estimate of drug-likeness (QED) is 0.415. The summed E-state index contributed by atoms with van der Waals surface area (Å²) in [6.07, 6.45) is -13.7. The van der Waals surface area contributed by atoms with E-state index in [0.29, 0.717) is 12.1 Å². The molecule has 0 aromatic heterocycles. The summed E-state index contributed by atoms with van der Waals surface area (Å²) in [7, 11) is 0. The number of morpholine rings is 1. The van der Waals surface area contributed by atoms with E-state index in [4.69, 9.17) is 10.5 Å².